The molecule has 1 aromatic carbocycles. The molecule has 104 valence electrons. The third-order valence-corrected chi connectivity index (χ3v) is 3.40. The van der Waals surface area contributed by atoms with E-state index in [1.54, 1.807) is 6.92 Å². The molecule has 0 spiro atoms. The molecule has 1 aliphatic rings. The van der Waals surface area contributed by atoms with Crippen molar-refractivity contribution >= 4 is 5.91 Å². The van der Waals surface area contributed by atoms with Crippen LogP contribution in [-0.2, 0) is 4.79 Å². The maximum absolute atomic E-state index is 11.8. The van der Waals surface area contributed by atoms with Crippen LogP contribution < -0.4 is 15.4 Å². The predicted molar refractivity (Wildman–Crippen MR) is 75.2 cm³/mol. The number of carbonyl (C=O) groups excluding carboxylic acids is 1. The summed E-state index contributed by atoms with van der Waals surface area (Å²) < 4.78 is 5.70. The molecule has 0 aromatic heterocycles. The van der Waals surface area contributed by atoms with Gasteiger partial charge in [0.25, 0.3) is 5.91 Å². The van der Waals surface area contributed by atoms with Crippen LogP contribution in [0.4, 0.5) is 0 Å². The first-order valence-corrected chi connectivity index (χ1v) is 6.84. The van der Waals surface area contributed by atoms with Gasteiger partial charge in [-0.1, -0.05) is 12.1 Å². The molecule has 0 aliphatic heterocycles. The van der Waals surface area contributed by atoms with E-state index in [0.717, 1.165) is 24.2 Å². The van der Waals surface area contributed by atoms with Crippen molar-refractivity contribution in [2.45, 2.75) is 44.9 Å². The van der Waals surface area contributed by atoms with E-state index in [1.165, 1.54) is 0 Å². The molecule has 0 bridgehead atoms. The lowest BCUT2D eigenvalue weighted by molar-refractivity contribution is -0.127. The molecule has 4 nitrogen and oxygen atoms in total. The molecule has 1 saturated carbocycles. The van der Waals surface area contributed by atoms with Crippen LogP contribution >= 0.6 is 0 Å². The summed E-state index contributed by atoms with van der Waals surface area (Å²) in [7, 11) is 1.92. The number of hydrogen-bond donors (Lipinski definition) is 2. The van der Waals surface area contributed by atoms with Gasteiger partial charge in [-0.15, -0.1) is 0 Å². The Labute approximate surface area is 114 Å². The first-order valence-electron chi connectivity index (χ1n) is 6.84. The number of amides is 1. The van der Waals surface area contributed by atoms with E-state index in [2.05, 4.69) is 17.6 Å². The summed E-state index contributed by atoms with van der Waals surface area (Å²) in [5.74, 6) is 0.701. The third-order valence-electron chi connectivity index (χ3n) is 3.40. The van der Waals surface area contributed by atoms with Gasteiger partial charge in [-0.3, -0.25) is 4.79 Å². The zero-order chi connectivity index (χ0) is 13.8. The highest BCUT2D eigenvalue weighted by molar-refractivity contribution is 5.81. The van der Waals surface area contributed by atoms with Crippen LogP contribution in [0.5, 0.6) is 5.75 Å². The fourth-order valence-electron chi connectivity index (χ4n) is 1.83. The second-order valence-corrected chi connectivity index (χ2v) is 5.13. The minimum absolute atomic E-state index is 0.0328. The Balaban J connectivity index is 1.95. The molecule has 1 amide bonds. The Morgan fingerprint density at radius 2 is 2.11 bits per heavy atom. The molecule has 0 saturated heterocycles. The van der Waals surface area contributed by atoms with Crippen LogP contribution in [0.3, 0.4) is 0 Å². The summed E-state index contributed by atoms with van der Waals surface area (Å²) in [6, 6.07) is 8.48. The molecule has 19 heavy (non-hydrogen) atoms. The number of benzene rings is 1. The van der Waals surface area contributed by atoms with Gasteiger partial charge in [0.15, 0.2) is 6.10 Å². The lowest BCUT2D eigenvalue weighted by atomic mass is 10.1. The molecule has 4 heteroatoms. The van der Waals surface area contributed by atoms with E-state index in [0.29, 0.717) is 6.04 Å². The second kappa shape index (κ2) is 6.06. The molecule has 2 N–H and O–H groups in total. The highest BCUT2D eigenvalue weighted by Gasteiger charge is 2.26. The van der Waals surface area contributed by atoms with Crippen LogP contribution in [0.25, 0.3) is 0 Å². The minimum atomic E-state index is -0.458. The first-order chi connectivity index (χ1) is 9.10. The summed E-state index contributed by atoms with van der Waals surface area (Å²) in [4.78, 5) is 11.8. The van der Waals surface area contributed by atoms with E-state index >= 15 is 0 Å². The van der Waals surface area contributed by atoms with Crippen LogP contribution in [0.15, 0.2) is 24.3 Å². The van der Waals surface area contributed by atoms with Crippen LogP contribution in [0.2, 0.25) is 0 Å². The van der Waals surface area contributed by atoms with E-state index in [4.69, 9.17) is 4.74 Å². The van der Waals surface area contributed by atoms with Crippen molar-refractivity contribution in [1.82, 2.24) is 10.6 Å². The Morgan fingerprint density at radius 3 is 2.74 bits per heavy atom. The largest absolute Gasteiger partial charge is 0.481 e. The van der Waals surface area contributed by atoms with E-state index in [1.807, 2.05) is 31.3 Å². The fraction of sp³-hybridized carbons (Fsp3) is 0.533. The van der Waals surface area contributed by atoms with Gasteiger partial charge in [0.05, 0.1) is 0 Å². The molecule has 1 aromatic rings. The summed E-state index contributed by atoms with van der Waals surface area (Å²) in [6.45, 7) is 3.87. The van der Waals surface area contributed by atoms with Gasteiger partial charge in [-0.05, 0) is 51.4 Å². The molecule has 1 aliphatic carbocycles. The summed E-state index contributed by atoms with van der Waals surface area (Å²) in [5.41, 5.74) is 1.15. The summed E-state index contributed by atoms with van der Waals surface area (Å²) in [6.07, 6.45) is 1.72. The maximum atomic E-state index is 11.8. The van der Waals surface area contributed by atoms with Crippen molar-refractivity contribution in [1.29, 1.82) is 0 Å². The zero-order valence-electron chi connectivity index (χ0n) is 11.8. The van der Waals surface area contributed by atoms with Gasteiger partial charge in [0.1, 0.15) is 5.75 Å². The number of carbonyl (C=O) groups is 1. The predicted octanol–water partition coefficient (Wildman–Crippen LogP) is 2.01. The van der Waals surface area contributed by atoms with Gasteiger partial charge in [0.2, 0.25) is 0 Å². The van der Waals surface area contributed by atoms with Crippen molar-refractivity contribution in [3.8, 4) is 5.75 Å². The number of ether oxygens (including phenoxy) is 1. The van der Waals surface area contributed by atoms with Crippen LogP contribution in [-0.4, -0.2) is 25.1 Å². The second-order valence-electron chi connectivity index (χ2n) is 5.13. The molecule has 0 radical (unpaired) electrons. The molecule has 2 unspecified atom stereocenters. The fourth-order valence-corrected chi connectivity index (χ4v) is 1.83. The number of hydrogen-bond acceptors (Lipinski definition) is 3. The zero-order valence-corrected chi connectivity index (χ0v) is 11.8. The minimum Gasteiger partial charge on any atom is -0.481 e. The quantitative estimate of drug-likeness (QED) is 0.824. The first kappa shape index (κ1) is 13.9. The number of nitrogens with one attached hydrogen (secondary N) is 2. The van der Waals surface area contributed by atoms with Gasteiger partial charge in [-0.25, -0.2) is 0 Å². The highest BCUT2D eigenvalue weighted by atomic mass is 16.5. The molecular weight excluding hydrogens is 240 g/mol. The van der Waals surface area contributed by atoms with E-state index in [9.17, 15) is 4.79 Å². The monoisotopic (exact) mass is 262 g/mol. The molecule has 0 heterocycles. The molecule has 1 fully saturated rings. The average Bonchev–Trinajstić information content (AvgIpc) is 3.22. The Hall–Kier alpha value is -1.55. The number of rotatable bonds is 6. The van der Waals surface area contributed by atoms with Crippen molar-refractivity contribution in [2.75, 3.05) is 7.05 Å². The average molecular weight is 262 g/mol. The van der Waals surface area contributed by atoms with Crippen molar-refractivity contribution in [3.05, 3.63) is 29.8 Å². The van der Waals surface area contributed by atoms with Gasteiger partial charge in [0, 0.05) is 12.1 Å². The lowest BCUT2D eigenvalue weighted by Crippen LogP contribution is -2.37. The Bertz CT molecular complexity index is 444. The van der Waals surface area contributed by atoms with Crippen molar-refractivity contribution < 1.29 is 9.53 Å². The molecule has 2 atom stereocenters. The topological polar surface area (TPSA) is 50.4 Å². The molecule has 2 rings (SSSR count). The van der Waals surface area contributed by atoms with Crippen molar-refractivity contribution in [2.24, 2.45) is 0 Å². The third kappa shape index (κ3) is 3.96. The van der Waals surface area contributed by atoms with E-state index < -0.39 is 6.10 Å². The van der Waals surface area contributed by atoms with Gasteiger partial charge >= 0.3 is 0 Å². The Kier molecular flexibility index (Phi) is 4.43. The Morgan fingerprint density at radius 1 is 1.37 bits per heavy atom. The van der Waals surface area contributed by atoms with Crippen molar-refractivity contribution in [3.63, 3.8) is 0 Å². The lowest BCUT2D eigenvalue weighted by Gasteiger charge is -2.16. The summed E-state index contributed by atoms with van der Waals surface area (Å²) >= 11 is 0. The van der Waals surface area contributed by atoms with Gasteiger partial charge < -0.3 is 15.4 Å². The highest BCUT2D eigenvalue weighted by Crippen LogP contribution is 2.21. The standard InChI is InChI=1S/C15H22N2O2/c1-10(16-3)12-5-4-6-14(9-12)19-11(2)15(18)17-13-7-8-13/h4-6,9-11,13,16H,7-8H2,1-3H3,(H,17,18). The maximum Gasteiger partial charge on any atom is 0.260 e. The normalized spacial score (nSPS) is 17.6. The van der Waals surface area contributed by atoms with E-state index in [-0.39, 0.29) is 11.9 Å². The smallest absolute Gasteiger partial charge is 0.260 e. The summed E-state index contributed by atoms with van der Waals surface area (Å²) in [5, 5.41) is 6.13. The SMILES string of the molecule is CNC(C)c1cccc(OC(C)C(=O)NC2CC2)c1. The van der Waals surface area contributed by atoms with Crippen LogP contribution in [0.1, 0.15) is 38.3 Å². The van der Waals surface area contributed by atoms with Crippen LogP contribution in [0, 0.1) is 0 Å². The van der Waals surface area contributed by atoms with Gasteiger partial charge in [-0.2, -0.15) is 0 Å². The molecular formula is C15H22N2O2.